The van der Waals surface area contributed by atoms with E-state index in [0.717, 1.165) is 12.0 Å². The Bertz CT molecular complexity index is 1330. The summed E-state index contributed by atoms with van der Waals surface area (Å²) in [5.74, 6) is -0.584. The van der Waals surface area contributed by atoms with Crippen molar-refractivity contribution < 1.29 is 9.59 Å². The van der Waals surface area contributed by atoms with Gasteiger partial charge in [0.1, 0.15) is 0 Å². The number of hydrogen-bond donors (Lipinski definition) is 0. The number of carbonyl (C=O) groups is 2. The number of amides is 2. The molecule has 0 unspecified atom stereocenters. The Morgan fingerprint density at radius 2 is 1.08 bits per heavy atom. The van der Waals surface area contributed by atoms with E-state index in [-0.39, 0.29) is 11.8 Å². The lowest BCUT2D eigenvalue weighted by molar-refractivity contribution is -0.130. The summed E-state index contributed by atoms with van der Waals surface area (Å²) in [5, 5.41) is 3.05. The molecule has 1 aliphatic heterocycles. The fraction of sp³-hybridized carbons (Fsp3) is 0.156. The molecule has 1 saturated heterocycles. The van der Waals surface area contributed by atoms with Crippen molar-refractivity contribution in [2.24, 2.45) is 10.4 Å². The molecule has 0 saturated carbocycles. The first kappa shape index (κ1) is 24.2. The van der Waals surface area contributed by atoms with Crippen LogP contribution in [-0.2, 0) is 9.59 Å². The Kier molecular flexibility index (Phi) is 6.95. The number of anilines is 2. The molecule has 0 N–H and O–H groups in total. The largest absolute Gasteiger partial charge is 0.271 e. The Morgan fingerprint density at radius 3 is 1.54 bits per heavy atom. The Labute approximate surface area is 217 Å². The number of carbonyl (C=O) groups excluding carboxylic acids is 2. The minimum atomic E-state index is -1.49. The van der Waals surface area contributed by atoms with E-state index in [9.17, 15) is 9.59 Å². The van der Waals surface area contributed by atoms with Crippen LogP contribution in [0.5, 0.6) is 0 Å². The van der Waals surface area contributed by atoms with Gasteiger partial charge in [0.25, 0.3) is 11.8 Å². The predicted molar refractivity (Wildman–Crippen MR) is 149 cm³/mol. The van der Waals surface area contributed by atoms with E-state index in [0.29, 0.717) is 35.6 Å². The van der Waals surface area contributed by atoms with Gasteiger partial charge in [-0.15, -0.1) is 0 Å². The average molecular weight is 488 g/mol. The molecule has 4 aromatic carbocycles. The average Bonchev–Trinajstić information content (AvgIpc) is 3.19. The van der Waals surface area contributed by atoms with Gasteiger partial charge in [-0.05, 0) is 48.4 Å². The zero-order valence-corrected chi connectivity index (χ0v) is 20.8. The van der Waals surface area contributed by atoms with Crippen molar-refractivity contribution >= 4 is 34.6 Å². The smallest absolute Gasteiger partial charge is 0.268 e. The molecule has 1 heterocycles. The van der Waals surface area contributed by atoms with Crippen molar-refractivity contribution in [2.75, 3.05) is 10.0 Å². The van der Waals surface area contributed by atoms with Crippen molar-refractivity contribution in [3.05, 3.63) is 127 Å². The Balaban J connectivity index is 1.79. The maximum absolute atomic E-state index is 14.7. The van der Waals surface area contributed by atoms with Gasteiger partial charge in [-0.25, -0.2) is 10.0 Å². The van der Waals surface area contributed by atoms with Crippen LogP contribution >= 0.6 is 0 Å². The van der Waals surface area contributed by atoms with Crippen LogP contribution in [0.1, 0.15) is 31.7 Å². The van der Waals surface area contributed by atoms with Gasteiger partial charge in [0, 0.05) is 0 Å². The third kappa shape index (κ3) is 4.45. The second kappa shape index (κ2) is 10.6. The Morgan fingerprint density at radius 1 is 0.649 bits per heavy atom. The van der Waals surface area contributed by atoms with Crippen LogP contribution in [0.25, 0.3) is 0 Å². The van der Waals surface area contributed by atoms with Gasteiger partial charge in [-0.3, -0.25) is 14.6 Å². The summed E-state index contributed by atoms with van der Waals surface area (Å²) in [5.41, 5.74) is 1.71. The number of unbranched alkanes of at least 4 members (excludes halogenated alkanes) is 1. The summed E-state index contributed by atoms with van der Waals surface area (Å²) < 4.78 is 0. The van der Waals surface area contributed by atoms with E-state index in [2.05, 4.69) is 6.92 Å². The zero-order chi connectivity index (χ0) is 25.7. The monoisotopic (exact) mass is 487 g/mol. The summed E-state index contributed by atoms with van der Waals surface area (Å²) in [6.07, 6.45) is 1.89. The highest BCUT2D eigenvalue weighted by Gasteiger charge is 2.62. The fourth-order valence-electron chi connectivity index (χ4n) is 4.85. The van der Waals surface area contributed by atoms with E-state index >= 15 is 0 Å². The van der Waals surface area contributed by atoms with E-state index in [1.807, 2.05) is 121 Å². The SMILES string of the molecule is CCCCC1(C(=Nc2ccccc2)c2ccccc2)C(=O)N(c2ccccc2)N(c2ccccc2)C1=O. The summed E-state index contributed by atoms with van der Waals surface area (Å²) in [6.45, 7) is 2.07. The third-order valence-corrected chi connectivity index (χ3v) is 6.67. The molecule has 5 heteroatoms. The molecule has 37 heavy (non-hydrogen) atoms. The van der Waals surface area contributed by atoms with Crippen LogP contribution in [0, 0.1) is 5.41 Å². The zero-order valence-electron chi connectivity index (χ0n) is 20.8. The molecular formula is C32H29N3O2. The van der Waals surface area contributed by atoms with Crippen LogP contribution in [0.4, 0.5) is 17.1 Å². The highest BCUT2D eigenvalue weighted by molar-refractivity contribution is 6.40. The number of para-hydroxylation sites is 3. The maximum atomic E-state index is 14.7. The summed E-state index contributed by atoms with van der Waals surface area (Å²) in [4.78, 5) is 34.4. The molecule has 0 bridgehead atoms. The lowest BCUT2D eigenvalue weighted by Gasteiger charge is -2.27. The summed E-state index contributed by atoms with van der Waals surface area (Å²) in [6, 6.07) is 37.8. The van der Waals surface area contributed by atoms with Gasteiger partial charge in [0.15, 0.2) is 5.41 Å². The molecular weight excluding hydrogens is 458 g/mol. The minimum Gasteiger partial charge on any atom is -0.271 e. The molecule has 0 aliphatic carbocycles. The number of aliphatic imine (C=N–C) groups is 1. The van der Waals surface area contributed by atoms with Gasteiger partial charge in [-0.2, -0.15) is 0 Å². The predicted octanol–water partition coefficient (Wildman–Crippen LogP) is 6.98. The second-order valence-electron chi connectivity index (χ2n) is 9.08. The minimum absolute atomic E-state index is 0.292. The van der Waals surface area contributed by atoms with E-state index in [4.69, 9.17) is 4.99 Å². The molecule has 4 aromatic rings. The second-order valence-corrected chi connectivity index (χ2v) is 9.08. The highest BCUT2D eigenvalue weighted by atomic mass is 16.2. The van der Waals surface area contributed by atoms with E-state index in [1.54, 1.807) is 0 Å². The maximum Gasteiger partial charge on any atom is 0.268 e. The number of nitrogens with zero attached hydrogens (tertiary/aromatic N) is 3. The molecule has 1 aliphatic rings. The molecule has 1 fully saturated rings. The van der Waals surface area contributed by atoms with Crippen molar-refractivity contribution in [2.45, 2.75) is 26.2 Å². The van der Waals surface area contributed by atoms with Crippen molar-refractivity contribution in [1.29, 1.82) is 0 Å². The van der Waals surface area contributed by atoms with E-state index in [1.165, 1.54) is 10.0 Å². The van der Waals surface area contributed by atoms with Gasteiger partial charge in [0.05, 0.1) is 22.8 Å². The van der Waals surface area contributed by atoms with Gasteiger partial charge in [-0.1, -0.05) is 105 Å². The van der Waals surface area contributed by atoms with Gasteiger partial charge < -0.3 is 0 Å². The summed E-state index contributed by atoms with van der Waals surface area (Å²) in [7, 11) is 0. The molecule has 0 spiro atoms. The highest BCUT2D eigenvalue weighted by Crippen LogP contribution is 2.45. The molecule has 0 aromatic heterocycles. The molecule has 184 valence electrons. The number of rotatable bonds is 8. The van der Waals surface area contributed by atoms with Crippen LogP contribution in [-0.4, -0.2) is 17.5 Å². The van der Waals surface area contributed by atoms with Gasteiger partial charge in [0.2, 0.25) is 0 Å². The van der Waals surface area contributed by atoms with E-state index < -0.39 is 5.41 Å². The van der Waals surface area contributed by atoms with Crippen LogP contribution in [0.3, 0.4) is 0 Å². The lowest BCUT2D eigenvalue weighted by Crippen LogP contribution is -2.44. The van der Waals surface area contributed by atoms with Crippen molar-refractivity contribution in [3.63, 3.8) is 0 Å². The normalized spacial score (nSPS) is 15.3. The molecule has 0 radical (unpaired) electrons. The molecule has 2 amide bonds. The topological polar surface area (TPSA) is 53.0 Å². The molecule has 5 nitrogen and oxygen atoms in total. The van der Waals surface area contributed by atoms with Crippen LogP contribution in [0.2, 0.25) is 0 Å². The molecule has 0 atom stereocenters. The fourth-order valence-corrected chi connectivity index (χ4v) is 4.85. The Hall–Kier alpha value is -4.51. The first-order valence-electron chi connectivity index (χ1n) is 12.7. The number of hydrogen-bond acceptors (Lipinski definition) is 3. The van der Waals surface area contributed by atoms with Gasteiger partial charge >= 0.3 is 0 Å². The first-order valence-corrected chi connectivity index (χ1v) is 12.7. The van der Waals surface area contributed by atoms with Crippen molar-refractivity contribution in [1.82, 2.24) is 0 Å². The summed E-state index contributed by atoms with van der Waals surface area (Å²) >= 11 is 0. The van der Waals surface area contributed by atoms with Crippen LogP contribution < -0.4 is 10.0 Å². The number of benzene rings is 4. The quantitative estimate of drug-likeness (QED) is 0.199. The lowest BCUT2D eigenvalue weighted by atomic mass is 9.74. The third-order valence-electron chi connectivity index (χ3n) is 6.67. The molecule has 5 rings (SSSR count). The van der Waals surface area contributed by atoms with Crippen molar-refractivity contribution in [3.8, 4) is 0 Å². The standard InChI is InChI=1S/C32H29N3O2/c1-2-3-24-32(29(25-16-8-4-9-17-25)33-26-18-10-5-11-19-26)30(36)34(27-20-12-6-13-21-27)35(31(32)37)28-22-14-7-15-23-28/h4-23H,2-3,24H2,1H3. The van der Waals surface area contributed by atoms with Crippen LogP contribution in [0.15, 0.2) is 126 Å². The number of hydrazine groups is 1. The first-order chi connectivity index (χ1) is 18.2.